The maximum Gasteiger partial charge on any atom is 0.219 e. The molecule has 3 N–H and O–H groups in total. The Balaban J connectivity index is 2.59. The molecule has 0 unspecified atom stereocenters. The van der Waals surface area contributed by atoms with E-state index in [2.05, 4.69) is 21.2 Å². The average molecular weight is 278 g/mol. The van der Waals surface area contributed by atoms with Crippen LogP contribution in [0.3, 0.4) is 0 Å². The summed E-state index contributed by atoms with van der Waals surface area (Å²) in [5, 5.41) is 3.69. The summed E-state index contributed by atoms with van der Waals surface area (Å²) in [5.74, 6) is -0.323. The summed E-state index contributed by atoms with van der Waals surface area (Å²) in [6.45, 7) is 0.508. The Morgan fingerprint density at radius 2 is 2.29 bits per heavy atom. The molecular weight excluding hydrogens is 267 g/mol. The average Bonchev–Trinajstić information content (AvgIpc) is 2.12. The number of primary amides is 1. The predicted molar refractivity (Wildman–Crippen MR) is 61.5 cm³/mol. The quantitative estimate of drug-likeness (QED) is 0.888. The van der Waals surface area contributed by atoms with Gasteiger partial charge in [0.15, 0.2) is 0 Å². The highest BCUT2D eigenvalue weighted by molar-refractivity contribution is 9.10. The van der Waals surface area contributed by atoms with E-state index in [-0.39, 0.29) is 5.91 Å². The Bertz CT molecular complexity index is 344. The number of hydrogen-bond donors (Lipinski definition) is 2. The van der Waals surface area contributed by atoms with Gasteiger partial charge in [0.1, 0.15) is 0 Å². The molecule has 5 heteroatoms. The molecule has 0 aliphatic rings. The third kappa shape index (κ3) is 3.20. The first-order chi connectivity index (χ1) is 6.61. The molecule has 0 aromatic heterocycles. The number of anilines is 1. The zero-order valence-electron chi connectivity index (χ0n) is 7.39. The van der Waals surface area contributed by atoms with Crippen molar-refractivity contribution in [3.63, 3.8) is 0 Å². The highest BCUT2D eigenvalue weighted by atomic mass is 79.9. The summed E-state index contributed by atoms with van der Waals surface area (Å²) in [6.07, 6.45) is 0.305. The van der Waals surface area contributed by atoms with Crippen molar-refractivity contribution < 1.29 is 4.79 Å². The predicted octanol–water partition coefficient (Wildman–Crippen LogP) is 2.39. The lowest BCUT2D eigenvalue weighted by Gasteiger charge is -2.07. The fourth-order valence-electron chi connectivity index (χ4n) is 0.961. The number of nitrogens with one attached hydrogen (secondary N) is 1. The largest absolute Gasteiger partial charge is 0.384 e. The molecule has 0 saturated heterocycles. The lowest BCUT2D eigenvalue weighted by Crippen LogP contribution is -2.15. The van der Waals surface area contributed by atoms with Crippen LogP contribution in [0.1, 0.15) is 6.42 Å². The zero-order valence-corrected chi connectivity index (χ0v) is 9.73. The maximum absolute atomic E-state index is 10.5. The van der Waals surface area contributed by atoms with Gasteiger partial charge in [0.2, 0.25) is 5.91 Å². The van der Waals surface area contributed by atoms with E-state index >= 15 is 0 Å². The van der Waals surface area contributed by atoms with Gasteiger partial charge >= 0.3 is 0 Å². The van der Waals surface area contributed by atoms with Crippen molar-refractivity contribution in [1.82, 2.24) is 0 Å². The molecule has 0 fully saturated rings. The Morgan fingerprint density at radius 3 is 2.93 bits per heavy atom. The summed E-state index contributed by atoms with van der Waals surface area (Å²) < 4.78 is 0.797. The number of nitrogens with two attached hydrogens (primary N) is 1. The van der Waals surface area contributed by atoms with Crippen molar-refractivity contribution in [1.29, 1.82) is 0 Å². The topological polar surface area (TPSA) is 55.1 Å². The summed E-state index contributed by atoms with van der Waals surface area (Å²) in [7, 11) is 0. The van der Waals surface area contributed by atoms with Crippen molar-refractivity contribution in [3.05, 3.63) is 27.7 Å². The van der Waals surface area contributed by atoms with Gasteiger partial charge in [-0.1, -0.05) is 17.7 Å². The molecule has 14 heavy (non-hydrogen) atoms. The van der Waals surface area contributed by atoms with Gasteiger partial charge in [-0.15, -0.1) is 0 Å². The van der Waals surface area contributed by atoms with Crippen LogP contribution in [-0.2, 0) is 4.79 Å². The van der Waals surface area contributed by atoms with E-state index in [0.29, 0.717) is 18.0 Å². The lowest BCUT2D eigenvalue weighted by molar-refractivity contribution is -0.117. The lowest BCUT2D eigenvalue weighted by atomic mass is 10.3. The number of rotatable bonds is 4. The highest BCUT2D eigenvalue weighted by Gasteiger charge is 2.02. The number of benzene rings is 1. The van der Waals surface area contributed by atoms with Gasteiger partial charge in [-0.3, -0.25) is 4.79 Å². The van der Waals surface area contributed by atoms with Crippen LogP contribution in [0.15, 0.2) is 22.7 Å². The maximum atomic E-state index is 10.5. The summed E-state index contributed by atoms with van der Waals surface area (Å²) in [5.41, 5.74) is 5.87. The Hall–Kier alpha value is -0.740. The van der Waals surface area contributed by atoms with E-state index in [1.165, 1.54) is 0 Å². The minimum atomic E-state index is -0.323. The van der Waals surface area contributed by atoms with Crippen LogP contribution in [0.5, 0.6) is 0 Å². The Morgan fingerprint density at radius 1 is 1.57 bits per heavy atom. The minimum Gasteiger partial charge on any atom is -0.384 e. The fraction of sp³-hybridized carbons (Fsp3) is 0.222. The fourth-order valence-corrected chi connectivity index (χ4v) is 1.54. The first-order valence-electron chi connectivity index (χ1n) is 4.07. The first kappa shape index (κ1) is 11.3. The molecule has 1 aromatic rings. The van der Waals surface area contributed by atoms with E-state index < -0.39 is 0 Å². The smallest absolute Gasteiger partial charge is 0.219 e. The van der Waals surface area contributed by atoms with E-state index in [1.807, 2.05) is 12.1 Å². The molecule has 0 aliphatic heterocycles. The molecule has 0 aliphatic carbocycles. The Labute approximate surface area is 95.7 Å². The molecule has 1 rings (SSSR count). The monoisotopic (exact) mass is 276 g/mol. The number of carbonyl (C=O) groups excluding carboxylic acids is 1. The summed E-state index contributed by atoms with van der Waals surface area (Å²) in [4.78, 5) is 10.5. The third-order valence-electron chi connectivity index (χ3n) is 1.64. The molecule has 76 valence electrons. The SMILES string of the molecule is NC(=O)CCNc1cccc(Cl)c1Br. The molecular formula is C9H10BrClN2O. The van der Waals surface area contributed by atoms with Crippen molar-refractivity contribution in [2.24, 2.45) is 5.73 Å². The van der Waals surface area contributed by atoms with Crippen LogP contribution >= 0.6 is 27.5 Å². The van der Waals surface area contributed by atoms with Crippen LogP contribution in [0.2, 0.25) is 5.02 Å². The molecule has 1 aromatic carbocycles. The third-order valence-corrected chi connectivity index (χ3v) is 3.04. The number of amides is 1. The van der Waals surface area contributed by atoms with Crippen LogP contribution in [0.4, 0.5) is 5.69 Å². The van der Waals surface area contributed by atoms with Crippen LogP contribution in [0.25, 0.3) is 0 Å². The van der Waals surface area contributed by atoms with E-state index in [9.17, 15) is 4.79 Å². The van der Waals surface area contributed by atoms with E-state index in [4.69, 9.17) is 17.3 Å². The number of hydrogen-bond acceptors (Lipinski definition) is 2. The normalized spacial score (nSPS) is 9.86. The van der Waals surface area contributed by atoms with Gasteiger partial charge in [0, 0.05) is 18.7 Å². The second-order valence-corrected chi connectivity index (χ2v) is 3.94. The summed E-state index contributed by atoms with van der Waals surface area (Å²) >= 11 is 9.21. The van der Waals surface area contributed by atoms with Crippen LogP contribution in [0, 0.1) is 0 Å². The van der Waals surface area contributed by atoms with Crippen molar-refractivity contribution in [3.8, 4) is 0 Å². The molecule has 0 atom stereocenters. The van der Waals surface area contributed by atoms with E-state index in [0.717, 1.165) is 10.2 Å². The van der Waals surface area contributed by atoms with Gasteiger partial charge in [-0.05, 0) is 28.1 Å². The van der Waals surface area contributed by atoms with Gasteiger partial charge in [0.25, 0.3) is 0 Å². The highest BCUT2D eigenvalue weighted by Crippen LogP contribution is 2.29. The summed E-state index contributed by atoms with van der Waals surface area (Å²) in [6, 6.07) is 5.49. The second kappa shape index (κ2) is 5.22. The van der Waals surface area contributed by atoms with Gasteiger partial charge in [-0.2, -0.15) is 0 Å². The van der Waals surface area contributed by atoms with Crippen LogP contribution < -0.4 is 11.1 Å². The standard InChI is InChI=1S/C9H10BrClN2O/c10-9-6(11)2-1-3-7(9)13-5-4-8(12)14/h1-3,13H,4-5H2,(H2,12,14). The number of carbonyl (C=O) groups is 1. The molecule has 0 bridgehead atoms. The van der Waals surface area contributed by atoms with Crippen molar-refractivity contribution in [2.75, 3.05) is 11.9 Å². The molecule has 0 saturated carbocycles. The van der Waals surface area contributed by atoms with Crippen molar-refractivity contribution >= 4 is 39.1 Å². The van der Waals surface area contributed by atoms with Gasteiger partial charge in [-0.25, -0.2) is 0 Å². The molecule has 3 nitrogen and oxygen atoms in total. The molecule has 0 heterocycles. The Kier molecular flexibility index (Phi) is 4.22. The van der Waals surface area contributed by atoms with E-state index in [1.54, 1.807) is 6.07 Å². The minimum absolute atomic E-state index is 0.305. The van der Waals surface area contributed by atoms with Gasteiger partial charge in [0.05, 0.1) is 9.50 Å². The zero-order chi connectivity index (χ0) is 10.6. The molecule has 0 radical (unpaired) electrons. The first-order valence-corrected chi connectivity index (χ1v) is 5.24. The number of halogens is 2. The van der Waals surface area contributed by atoms with Crippen LogP contribution in [-0.4, -0.2) is 12.5 Å². The second-order valence-electron chi connectivity index (χ2n) is 2.74. The molecule has 0 spiro atoms. The molecule has 1 amide bonds. The van der Waals surface area contributed by atoms with Crippen molar-refractivity contribution in [2.45, 2.75) is 6.42 Å². The van der Waals surface area contributed by atoms with Gasteiger partial charge < -0.3 is 11.1 Å².